The molecule has 6 rings (SSSR count). The van der Waals surface area contributed by atoms with Crippen molar-refractivity contribution in [1.82, 2.24) is 20.6 Å². The lowest BCUT2D eigenvalue weighted by atomic mass is 9.82. The van der Waals surface area contributed by atoms with Crippen LogP contribution in [0.15, 0.2) is 43.2 Å². The largest absolute Gasteiger partial charge is 0.348 e. The van der Waals surface area contributed by atoms with Gasteiger partial charge in [0.2, 0.25) is 5.91 Å². The van der Waals surface area contributed by atoms with Gasteiger partial charge >= 0.3 is 6.03 Å². The van der Waals surface area contributed by atoms with E-state index < -0.39 is 0 Å². The Hall–Kier alpha value is -3.79. The van der Waals surface area contributed by atoms with Gasteiger partial charge in [-0.1, -0.05) is 13.0 Å². The van der Waals surface area contributed by atoms with E-state index in [1.807, 2.05) is 12.1 Å². The van der Waals surface area contributed by atoms with Gasteiger partial charge in [0, 0.05) is 36.1 Å². The summed E-state index contributed by atoms with van der Waals surface area (Å²) < 4.78 is 0. The Labute approximate surface area is 212 Å². The Morgan fingerprint density at radius 1 is 1.08 bits per heavy atom. The summed E-state index contributed by atoms with van der Waals surface area (Å²) in [5.74, 6) is -0.0949. The fourth-order valence-corrected chi connectivity index (χ4v) is 6.31. The van der Waals surface area contributed by atoms with Gasteiger partial charge < -0.3 is 16.0 Å². The zero-order chi connectivity index (χ0) is 24.8. The first-order valence-corrected chi connectivity index (χ1v) is 13.1. The summed E-state index contributed by atoms with van der Waals surface area (Å²) in [6.07, 6.45) is 10.5. The minimum atomic E-state index is -0.329. The molecule has 0 saturated heterocycles. The summed E-state index contributed by atoms with van der Waals surface area (Å²) in [5.41, 5.74) is 2.92. The Morgan fingerprint density at radius 3 is 2.58 bits per heavy atom. The molecule has 3 N–H and O–H groups in total. The van der Waals surface area contributed by atoms with Gasteiger partial charge in [0.15, 0.2) is 0 Å². The van der Waals surface area contributed by atoms with E-state index in [1.54, 1.807) is 23.4 Å². The zero-order valence-electron chi connectivity index (χ0n) is 19.6. The van der Waals surface area contributed by atoms with Crippen LogP contribution in [0.25, 0.3) is 10.2 Å². The average molecular weight is 503 g/mol. The van der Waals surface area contributed by atoms with E-state index in [-0.39, 0.29) is 29.9 Å². The number of hydrogen-bond acceptors (Lipinski definition) is 6. The molecule has 10 heteroatoms. The molecule has 0 spiro atoms. The molecular weight excluding hydrogens is 476 g/mol. The number of nitrogens with zero attached hydrogens (tertiary/aromatic N) is 3. The number of anilines is 3. The maximum Gasteiger partial charge on any atom is 0.331 e. The van der Waals surface area contributed by atoms with Crippen LogP contribution in [-0.4, -0.2) is 39.9 Å². The number of nitrogens with one attached hydrogen (secondary N) is 3. The number of aromatic nitrogens is 2. The number of hydrogen-bond donors (Lipinski definition) is 3. The minimum absolute atomic E-state index is 0.152. The molecule has 0 radical (unpaired) electrons. The van der Waals surface area contributed by atoms with Crippen LogP contribution in [0, 0.1) is 0 Å². The van der Waals surface area contributed by atoms with Gasteiger partial charge in [0.25, 0.3) is 5.91 Å². The van der Waals surface area contributed by atoms with Crippen LogP contribution >= 0.6 is 11.3 Å². The fraction of sp³-hybridized carbons (Fsp3) is 0.346. The van der Waals surface area contributed by atoms with Gasteiger partial charge in [0.1, 0.15) is 9.71 Å². The fourth-order valence-electron chi connectivity index (χ4n) is 5.28. The second kappa shape index (κ2) is 9.02. The van der Waals surface area contributed by atoms with Crippen LogP contribution in [-0.2, 0) is 4.79 Å². The highest BCUT2D eigenvalue weighted by molar-refractivity contribution is 7.21. The molecule has 2 fully saturated rings. The normalized spacial score (nSPS) is 21.1. The van der Waals surface area contributed by atoms with Crippen molar-refractivity contribution in [2.75, 3.05) is 10.2 Å². The van der Waals surface area contributed by atoms with Gasteiger partial charge in [0.05, 0.1) is 22.4 Å². The van der Waals surface area contributed by atoms with Gasteiger partial charge in [-0.05, 0) is 56.4 Å². The van der Waals surface area contributed by atoms with Gasteiger partial charge in [-0.2, -0.15) is 0 Å². The van der Waals surface area contributed by atoms with E-state index in [4.69, 9.17) is 0 Å². The Balaban J connectivity index is 1.32. The summed E-state index contributed by atoms with van der Waals surface area (Å²) >= 11 is 1.25. The van der Waals surface area contributed by atoms with Crippen molar-refractivity contribution < 1.29 is 14.4 Å². The summed E-state index contributed by atoms with van der Waals surface area (Å²) in [6.45, 7) is 3.50. The molecule has 4 amide bonds. The summed E-state index contributed by atoms with van der Waals surface area (Å²) in [7, 11) is 0. The molecule has 3 aliphatic rings. The first-order valence-electron chi connectivity index (χ1n) is 12.3. The molecule has 0 aromatic carbocycles. The number of carbonyl (C=O) groups excluding carboxylic acids is 3. The highest BCUT2D eigenvalue weighted by Gasteiger charge is 2.35. The summed E-state index contributed by atoms with van der Waals surface area (Å²) in [6, 6.07) is 4.95. The third-order valence-electron chi connectivity index (χ3n) is 7.34. The average Bonchev–Trinajstić information content (AvgIpc) is 3.43. The quantitative estimate of drug-likeness (QED) is 0.426. The molecule has 36 heavy (non-hydrogen) atoms. The van der Waals surface area contributed by atoms with E-state index in [0.717, 1.165) is 48.9 Å². The smallest absolute Gasteiger partial charge is 0.331 e. The van der Waals surface area contributed by atoms with E-state index in [2.05, 4.69) is 32.5 Å². The molecule has 1 unspecified atom stereocenters. The van der Waals surface area contributed by atoms with E-state index in [9.17, 15) is 14.4 Å². The van der Waals surface area contributed by atoms with Crippen molar-refractivity contribution in [3.63, 3.8) is 0 Å². The third-order valence-corrected chi connectivity index (χ3v) is 8.44. The van der Waals surface area contributed by atoms with Crippen molar-refractivity contribution in [2.45, 2.75) is 56.5 Å². The van der Waals surface area contributed by atoms with Crippen LogP contribution in [0.1, 0.15) is 59.8 Å². The summed E-state index contributed by atoms with van der Waals surface area (Å²) in [4.78, 5) is 50.3. The maximum absolute atomic E-state index is 13.4. The van der Waals surface area contributed by atoms with E-state index in [1.165, 1.54) is 23.8 Å². The van der Waals surface area contributed by atoms with E-state index >= 15 is 0 Å². The topological polar surface area (TPSA) is 116 Å². The van der Waals surface area contributed by atoms with Gasteiger partial charge in [-0.15, -0.1) is 11.3 Å². The van der Waals surface area contributed by atoms with Crippen LogP contribution in [0.3, 0.4) is 0 Å². The van der Waals surface area contributed by atoms with Gasteiger partial charge in [-0.25, -0.2) is 9.78 Å². The molecule has 3 aromatic rings. The highest BCUT2D eigenvalue weighted by atomic mass is 32.1. The molecule has 1 aliphatic heterocycles. The predicted octanol–water partition coefficient (Wildman–Crippen LogP) is 4.60. The van der Waals surface area contributed by atoms with Crippen LogP contribution in [0.2, 0.25) is 0 Å². The Kier molecular flexibility index (Phi) is 5.67. The number of urea groups is 1. The van der Waals surface area contributed by atoms with Crippen LogP contribution in [0.5, 0.6) is 0 Å². The van der Waals surface area contributed by atoms with Gasteiger partial charge in [-0.3, -0.25) is 19.5 Å². The second-order valence-corrected chi connectivity index (χ2v) is 10.5. The van der Waals surface area contributed by atoms with Crippen molar-refractivity contribution in [2.24, 2.45) is 0 Å². The first-order chi connectivity index (χ1) is 17.5. The van der Waals surface area contributed by atoms with Crippen molar-refractivity contribution >= 4 is 56.5 Å². The minimum Gasteiger partial charge on any atom is -0.348 e. The zero-order valence-corrected chi connectivity index (χ0v) is 20.4. The molecule has 2 saturated carbocycles. The molecule has 4 heterocycles. The number of amides is 4. The van der Waals surface area contributed by atoms with E-state index in [0.29, 0.717) is 27.0 Å². The highest BCUT2D eigenvalue weighted by Crippen LogP contribution is 2.46. The molecule has 0 bridgehead atoms. The monoisotopic (exact) mass is 502 g/mol. The molecule has 184 valence electrons. The Morgan fingerprint density at radius 2 is 1.83 bits per heavy atom. The number of rotatable bonds is 6. The lowest BCUT2D eigenvalue weighted by Gasteiger charge is -2.30. The summed E-state index contributed by atoms with van der Waals surface area (Å²) in [5, 5.41) is 9.66. The van der Waals surface area contributed by atoms with Crippen LogP contribution in [0.4, 0.5) is 21.9 Å². The Bertz CT molecular complexity index is 1400. The number of thiophene rings is 1. The standard InChI is InChI=1S/C26H26N6O3S/c1-2-20(33)29-16-7-4-8-17(16)30-24(34)23-22-21-19(10-12-28-25(21)36-23)32(26(35)31-22)15-9-11-27-18(13-15)14-5-3-6-14/h2,9-14,16-17H,1,3-8H2,(H,29,33)(H,30,34)(H,31,35)/t16?,17-/m1/s1. The van der Waals surface area contributed by atoms with Crippen molar-refractivity contribution in [3.8, 4) is 0 Å². The lowest BCUT2D eigenvalue weighted by Crippen LogP contribution is -2.48. The molecule has 3 aromatic heterocycles. The SMILES string of the molecule is C=CC(=O)NC1CCC[C@H]1NC(=O)c1sc2nccc3c2c1NC(=O)N3c1ccnc(C2CCC2)c1. The number of pyridine rings is 2. The molecule has 2 atom stereocenters. The van der Waals surface area contributed by atoms with Crippen molar-refractivity contribution in [3.05, 3.63) is 53.8 Å². The lowest BCUT2D eigenvalue weighted by molar-refractivity contribution is -0.117. The molecule has 9 nitrogen and oxygen atoms in total. The predicted molar refractivity (Wildman–Crippen MR) is 139 cm³/mol. The molecular formula is C26H26N6O3S. The van der Waals surface area contributed by atoms with Crippen molar-refractivity contribution in [1.29, 1.82) is 0 Å². The third kappa shape index (κ3) is 3.81. The maximum atomic E-state index is 13.4. The second-order valence-electron chi connectivity index (χ2n) is 9.48. The first kappa shape index (κ1) is 22.7. The van der Waals surface area contributed by atoms with Crippen LogP contribution < -0.4 is 20.9 Å². The number of carbonyl (C=O) groups is 3. The molecule has 2 aliphatic carbocycles.